The van der Waals surface area contributed by atoms with Crippen LogP contribution >= 0.6 is 11.3 Å². The van der Waals surface area contributed by atoms with Crippen LogP contribution in [0, 0.1) is 0 Å². The number of hydrogen-bond acceptors (Lipinski definition) is 4. The molecule has 3 nitrogen and oxygen atoms in total. The van der Waals surface area contributed by atoms with Gasteiger partial charge in [0, 0.05) is 6.42 Å². The zero-order valence-corrected chi connectivity index (χ0v) is 11.3. The van der Waals surface area contributed by atoms with E-state index in [1.807, 2.05) is 18.2 Å². The molecule has 4 heteroatoms. The highest BCUT2D eigenvalue weighted by atomic mass is 32.1. The zero-order chi connectivity index (χ0) is 12.8. The van der Waals surface area contributed by atoms with E-state index in [1.165, 1.54) is 4.70 Å². The first kappa shape index (κ1) is 13.0. The molecule has 0 amide bonds. The summed E-state index contributed by atoms with van der Waals surface area (Å²) in [5, 5.41) is 1.00. The Morgan fingerprint density at radius 2 is 2.22 bits per heavy atom. The average Bonchev–Trinajstić information content (AvgIpc) is 2.79. The third-order valence-electron chi connectivity index (χ3n) is 2.64. The molecule has 0 spiro atoms. The Hall–Kier alpha value is -1.42. The highest BCUT2D eigenvalue weighted by molar-refractivity contribution is 7.18. The van der Waals surface area contributed by atoms with Gasteiger partial charge in [-0.05, 0) is 18.6 Å². The molecule has 0 atom stereocenters. The van der Waals surface area contributed by atoms with Crippen molar-refractivity contribution in [2.75, 3.05) is 6.61 Å². The van der Waals surface area contributed by atoms with Crippen molar-refractivity contribution in [3.8, 4) is 0 Å². The van der Waals surface area contributed by atoms with Crippen LogP contribution in [0.5, 0.6) is 0 Å². The molecule has 0 aliphatic heterocycles. The summed E-state index contributed by atoms with van der Waals surface area (Å²) >= 11 is 1.65. The van der Waals surface area contributed by atoms with Crippen LogP contribution in [0.25, 0.3) is 10.2 Å². The van der Waals surface area contributed by atoms with E-state index >= 15 is 0 Å². The Labute approximate surface area is 111 Å². The van der Waals surface area contributed by atoms with E-state index in [0.29, 0.717) is 19.4 Å². The van der Waals surface area contributed by atoms with Crippen molar-refractivity contribution in [2.45, 2.75) is 32.6 Å². The molecule has 0 N–H and O–H groups in total. The van der Waals surface area contributed by atoms with Crippen molar-refractivity contribution >= 4 is 27.5 Å². The third-order valence-corrected chi connectivity index (χ3v) is 3.74. The predicted molar refractivity (Wildman–Crippen MR) is 73.8 cm³/mol. The number of unbranched alkanes of at least 4 members (excludes halogenated alkanes) is 1. The van der Waals surface area contributed by atoms with Crippen molar-refractivity contribution in [1.82, 2.24) is 4.98 Å². The summed E-state index contributed by atoms with van der Waals surface area (Å²) in [6.07, 6.45) is 3.08. The molecule has 2 aromatic rings. The van der Waals surface area contributed by atoms with E-state index in [-0.39, 0.29) is 5.97 Å². The van der Waals surface area contributed by atoms with Crippen LogP contribution in [0.4, 0.5) is 0 Å². The van der Waals surface area contributed by atoms with Gasteiger partial charge in [0.15, 0.2) is 0 Å². The number of benzene rings is 1. The van der Waals surface area contributed by atoms with Gasteiger partial charge >= 0.3 is 5.97 Å². The number of para-hydroxylation sites is 1. The smallest absolute Gasteiger partial charge is 0.306 e. The number of carbonyl (C=O) groups is 1. The number of esters is 1. The lowest BCUT2D eigenvalue weighted by atomic mass is 10.3. The highest BCUT2D eigenvalue weighted by Gasteiger charge is 2.07. The Morgan fingerprint density at radius 1 is 1.39 bits per heavy atom. The highest BCUT2D eigenvalue weighted by Crippen LogP contribution is 2.22. The first-order chi connectivity index (χ1) is 8.79. The number of nitrogens with zero attached hydrogens (tertiary/aromatic N) is 1. The lowest BCUT2D eigenvalue weighted by Crippen LogP contribution is -2.06. The Morgan fingerprint density at radius 3 is 3.00 bits per heavy atom. The molecule has 0 radical (unpaired) electrons. The first-order valence-electron chi connectivity index (χ1n) is 6.29. The van der Waals surface area contributed by atoms with Crippen LogP contribution in [0.2, 0.25) is 0 Å². The monoisotopic (exact) mass is 263 g/mol. The quantitative estimate of drug-likeness (QED) is 0.591. The molecule has 0 unspecified atom stereocenters. The second-order valence-corrected chi connectivity index (χ2v) is 5.26. The number of aryl methyl sites for hydroxylation is 1. The number of aromatic nitrogens is 1. The number of carbonyl (C=O) groups excluding carboxylic acids is 1. The first-order valence-corrected chi connectivity index (χ1v) is 7.11. The molecule has 18 heavy (non-hydrogen) atoms. The summed E-state index contributed by atoms with van der Waals surface area (Å²) < 4.78 is 6.29. The van der Waals surface area contributed by atoms with Gasteiger partial charge in [-0.15, -0.1) is 11.3 Å². The summed E-state index contributed by atoms with van der Waals surface area (Å²) in [5.41, 5.74) is 1.01. The summed E-state index contributed by atoms with van der Waals surface area (Å²) in [4.78, 5) is 16.0. The van der Waals surface area contributed by atoms with Crippen LogP contribution < -0.4 is 0 Å². The fourth-order valence-electron chi connectivity index (χ4n) is 1.64. The van der Waals surface area contributed by atoms with Gasteiger partial charge < -0.3 is 4.74 Å². The van der Waals surface area contributed by atoms with E-state index < -0.39 is 0 Å². The molecule has 0 saturated heterocycles. The molecule has 0 aliphatic carbocycles. The van der Waals surface area contributed by atoms with Crippen molar-refractivity contribution in [2.24, 2.45) is 0 Å². The molecular formula is C14H17NO2S. The SMILES string of the molecule is CCCCOC(=O)CCc1nc2ccccc2s1. The van der Waals surface area contributed by atoms with Gasteiger partial charge in [0.2, 0.25) is 0 Å². The molecule has 96 valence electrons. The molecule has 0 fully saturated rings. The Bertz CT molecular complexity index is 488. The summed E-state index contributed by atoms with van der Waals surface area (Å²) in [5.74, 6) is -0.122. The maximum atomic E-state index is 11.5. The molecule has 1 aromatic carbocycles. The van der Waals surface area contributed by atoms with E-state index in [4.69, 9.17) is 4.74 Å². The number of fused-ring (bicyclic) bond motifs is 1. The normalized spacial score (nSPS) is 10.7. The van der Waals surface area contributed by atoms with Gasteiger partial charge in [0.25, 0.3) is 0 Å². The Kier molecular flexibility index (Phi) is 4.70. The second-order valence-electron chi connectivity index (χ2n) is 4.15. The minimum absolute atomic E-state index is 0.122. The fraction of sp³-hybridized carbons (Fsp3) is 0.429. The van der Waals surface area contributed by atoms with Crippen molar-refractivity contribution < 1.29 is 9.53 Å². The molecule has 1 aromatic heterocycles. The lowest BCUT2D eigenvalue weighted by molar-refractivity contribution is -0.143. The number of thiazole rings is 1. The minimum atomic E-state index is -0.122. The Balaban J connectivity index is 1.84. The topological polar surface area (TPSA) is 39.2 Å². The van der Waals surface area contributed by atoms with E-state index in [2.05, 4.69) is 18.0 Å². The van der Waals surface area contributed by atoms with Gasteiger partial charge in [-0.3, -0.25) is 4.79 Å². The fourth-order valence-corrected chi connectivity index (χ4v) is 2.61. The second kappa shape index (κ2) is 6.50. The summed E-state index contributed by atoms with van der Waals surface area (Å²) in [6, 6.07) is 8.03. The van der Waals surface area contributed by atoms with E-state index in [0.717, 1.165) is 23.4 Å². The van der Waals surface area contributed by atoms with Crippen LogP contribution in [-0.4, -0.2) is 17.6 Å². The number of ether oxygens (including phenoxy) is 1. The average molecular weight is 263 g/mol. The van der Waals surface area contributed by atoms with E-state index in [1.54, 1.807) is 11.3 Å². The molecule has 0 aliphatic rings. The van der Waals surface area contributed by atoms with Crippen molar-refractivity contribution in [3.05, 3.63) is 29.3 Å². The van der Waals surface area contributed by atoms with Crippen LogP contribution in [-0.2, 0) is 16.0 Å². The summed E-state index contributed by atoms with van der Waals surface area (Å²) in [6.45, 7) is 2.62. The predicted octanol–water partition coefficient (Wildman–Crippen LogP) is 3.57. The van der Waals surface area contributed by atoms with Gasteiger partial charge in [-0.2, -0.15) is 0 Å². The molecule has 1 heterocycles. The largest absolute Gasteiger partial charge is 0.466 e. The van der Waals surface area contributed by atoms with Gasteiger partial charge in [-0.1, -0.05) is 25.5 Å². The number of rotatable bonds is 6. The minimum Gasteiger partial charge on any atom is -0.466 e. The molecule has 2 rings (SSSR count). The lowest BCUT2D eigenvalue weighted by Gasteiger charge is -2.01. The van der Waals surface area contributed by atoms with Crippen molar-refractivity contribution in [3.63, 3.8) is 0 Å². The maximum absolute atomic E-state index is 11.5. The maximum Gasteiger partial charge on any atom is 0.306 e. The van der Waals surface area contributed by atoms with Crippen LogP contribution in [0.3, 0.4) is 0 Å². The third kappa shape index (κ3) is 3.53. The molecule has 0 bridgehead atoms. The van der Waals surface area contributed by atoms with Gasteiger partial charge in [0.05, 0.1) is 28.3 Å². The molecule has 0 saturated carbocycles. The summed E-state index contributed by atoms with van der Waals surface area (Å²) in [7, 11) is 0. The van der Waals surface area contributed by atoms with Gasteiger partial charge in [-0.25, -0.2) is 4.98 Å². The van der Waals surface area contributed by atoms with Gasteiger partial charge in [0.1, 0.15) is 0 Å². The zero-order valence-electron chi connectivity index (χ0n) is 10.5. The van der Waals surface area contributed by atoms with E-state index in [9.17, 15) is 4.79 Å². The standard InChI is InChI=1S/C14H17NO2S/c1-2-3-10-17-14(16)9-8-13-15-11-6-4-5-7-12(11)18-13/h4-7H,2-3,8-10H2,1H3. The number of hydrogen-bond donors (Lipinski definition) is 0. The van der Waals surface area contributed by atoms with Crippen LogP contribution in [0.1, 0.15) is 31.2 Å². The van der Waals surface area contributed by atoms with Crippen molar-refractivity contribution in [1.29, 1.82) is 0 Å². The van der Waals surface area contributed by atoms with Crippen LogP contribution in [0.15, 0.2) is 24.3 Å². The molecular weight excluding hydrogens is 246 g/mol.